The van der Waals surface area contributed by atoms with E-state index in [4.69, 9.17) is 17.2 Å². The summed E-state index contributed by atoms with van der Waals surface area (Å²) in [6, 6.07) is 40.9. The SMILES string of the molecule is S=c1[nH]nc(CCC2=CCc3ccccc32)n1CCCc1cn(C(c2ccccc2)(c2ccccc2)c2ccccc2)cn1. The van der Waals surface area contributed by atoms with Crippen LogP contribution in [0.15, 0.2) is 134 Å². The number of aromatic amines is 1. The molecule has 5 nitrogen and oxygen atoms in total. The van der Waals surface area contributed by atoms with Gasteiger partial charge in [-0.15, -0.1) is 0 Å². The van der Waals surface area contributed by atoms with E-state index in [1.54, 1.807) is 0 Å². The van der Waals surface area contributed by atoms with Crippen LogP contribution in [0.25, 0.3) is 5.57 Å². The molecule has 7 rings (SSSR count). The Labute approximate surface area is 263 Å². The minimum absolute atomic E-state index is 0.553. The molecule has 2 aromatic heterocycles. The van der Waals surface area contributed by atoms with Crippen molar-refractivity contribution in [1.29, 1.82) is 0 Å². The fourth-order valence-corrected chi connectivity index (χ4v) is 6.93. The largest absolute Gasteiger partial charge is 0.319 e. The Morgan fingerprint density at radius 2 is 1.34 bits per heavy atom. The van der Waals surface area contributed by atoms with E-state index in [2.05, 4.69) is 147 Å². The van der Waals surface area contributed by atoms with E-state index in [0.29, 0.717) is 4.77 Å². The first-order chi connectivity index (χ1) is 21.7. The first kappa shape index (κ1) is 28.0. The zero-order valence-corrected chi connectivity index (χ0v) is 25.5. The number of nitrogens with one attached hydrogen (secondary N) is 1. The summed E-state index contributed by atoms with van der Waals surface area (Å²) in [5, 5.41) is 7.63. The van der Waals surface area contributed by atoms with Crippen LogP contribution in [0.5, 0.6) is 0 Å². The van der Waals surface area contributed by atoms with Crippen molar-refractivity contribution in [3.63, 3.8) is 0 Å². The highest BCUT2D eigenvalue weighted by atomic mass is 32.1. The van der Waals surface area contributed by atoms with Gasteiger partial charge in [-0.25, -0.2) is 4.98 Å². The zero-order chi connectivity index (χ0) is 29.8. The molecule has 0 unspecified atom stereocenters. The Morgan fingerprint density at radius 1 is 0.727 bits per heavy atom. The van der Waals surface area contributed by atoms with Crippen LogP contribution in [-0.2, 0) is 31.3 Å². The lowest BCUT2D eigenvalue weighted by molar-refractivity contribution is 0.514. The molecule has 0 amide bonds. The summed E-state index contributed by atoms with van der Waals surface area (Å²) in [5.41, 5.74) is 8.27. The van der Waals surface area contributed by atoms with E-state index >= 15 is 0 Å². The first-order valence-corrected chi connectivity index (χ1v) is 15.8. The van der Waals surface area contributed by atoms with Crippen molar-refractivity contribution >= 4 is 17.8 Å². The monoisotopic (exact) mass is 593 g/mol. The van der Waals surface area contributed by atoms with E-state index in [9.17, 15) is 0 Å². The number of imidazole rings is 1. The number of fused-ring (bicyclic) bond motifs is 1. The van der Waals surface area contributed by atoms with Crippen LogP contribution in [0.3, 0.4) is 0 Å². The van der Waals surface area contributed by atoms with Crippen molar-refractivity contribution in [2.45, 2.75) is 44.2 Å². The number of nitrogens with zero attached hydrogens (tertiary/aromatic N) is 4. The highest BCUT2D eigenvalue weighted by Crippen LogP contribution is 2.40. The molecule has 218 valence electrons. The fourth-order valence-electron chi connectivity index (χ4n) is 6.69. The standard InChI is InChI=1S/C38H35N5S/c44-37-41-40-36(25-24-30-23-22-29-13-10-11-21-35(29)30)43(37)26-12-20-34-27-42(28-39-34)38(31-14-4-1-5-15-31,32-16-6-2-7-17-32)33-18-8-3-9-19-33/h1-11,13-19,21,23,27-28H,12,20,22,24-26H2,(H,41,44). The molecule has 44 heavy (non-hydrogen) atoms. The second-order valence-electron chi connectivity index (χ2n) is 11.4. The third-order valence-electron chi connectivity index (χ3n) is 8.80. The molecule has 0 atom stereocenters. The molecule has 1 aliphatic carbocycles. The highest BCUT2D eigenvalue weighted by molar-refractivity contribution is 7.71. The van der Waals surface area contributed by atoms with Crippen molar-refractivity contribution in [2.24, 2.45) is 0 Å². The number of benzene rings is 4. The Balaban J connectivity index is 1.12. The summed E-state index contributed by atoms with van der Waals surface area (Å²) in [4.78, 5) is 4.93. The van der Waals surface area contributed by atoms with Gasteiger partial charge in [0, 0.05) is 19.2 Å². The quantitative estimate of drug-likeness (QED) is 0.122. The number of hydrogen-bond donors (Lipinski definition) is 1. The molecular weight excluding hydrogens is 559 g/mol. The van der Waals surface area contributed by atoms with Gasteiger partial charge in [-0.1, -0.05) is 121 Å². The summed E-state index contributed by atoms with van der Waals surface area (Å²) in [5.74, 6) is 1.02. The predicted molar refractivity (Wildman–Crippen MR) is 179 cm³/mol. The molecular formula is C38H35N5S. The maximum atomic E-state index is 5.64. The highest BCUT2D eigenvalue weighted by Gasteiger charge is 2.38. The van der Waals surface area contributed by atoms with Crippen LogP contribution in [0.1, 0.15) is 52.2 Å². The summed E-state index contributed by atoms with van der Waals surface area (Å²) < 4.78 is 5.13. The molecule has 0 saturated carbocycles. The molecule has 6 aromatic rings. The second-order valence-corrected chi connectivity index (χ2v) is 11.8. The van der Waals surface area contributed by atoms with Crippen LogP contribution in [-0.4, -0.2) is 24.3 Å². The van der Waals surface area contributed by atoms with Gasteiger partial charge in [0.15, 0.2) is 4.77 Å². The van der Waals surface area contributed by atoms with Gasteiger partial charge in [-0.2, -0.15) is 5.10 Å². The second kappa shape index (κ2) is 12.4. The Morgan fingerprint density at radius 3 is 2.00 bits per heavy atom. The molecule has 0 saturated heterocycles. The molecule has 0 aliphatic heterocycles. The van der Waals surface area contributed by atoms with Crippen LogP contribution in [0.2, 0.25) is 0 Å². The van der Waals surface area contributed by atoms with Crippen LogP contribution < -0.4 is 0 Å². The lowest BCUT2D eigenvalue weighted by atomic mass is 9.77. The summed E-state index contributed by atoms with van der Waals surface area (Å²) in [6.45, 7) is 0.800. The predicted octanol–water partition coefficient (Wildman–Crippen LogP) is 8.18. The summed E-state index contributed by atoms with van der Waals surface area (Å²) in [6.07, 6.45) is 11.1. The number of H-pyrrole nitrogens is 1. The third kappa shape index (κ3) is 5.26. The molecule has 0 radical (unpaired) electrons. The Kier molecular flexibility index (Phi) is 7.91. The fraction of sp³-hybridized carbons (Fsp3) is 0.184. The lowest BCUT2D eigenvalue weighted by Gasteiger charge is -2.37. The van der Waals surface area contributed by atoms with E-state index < -0.39 is 5.54 Å². The maximum absolute atomic E-state index is 5.64. The Bertz CT molecular complexity index is 1840. The van der Waals surface area contributed by atoms with Crippen molar-refractivity contribution in [1.82, 2.24) is 24.3 Å². The van der Waals surface area contributed by atoms with Crippen molar-refractivity contribution in [3.8, 4) is 0 Å². The number of hydrogen-bond acceptors (Lipinski definition) is 3. The van der Waals surface area contributed by atoms with E-state index in [-0.39, 0.29) is 0 Å². The normalized spacial score (nSPS) is 12.7. The van der Waals surface area contributed by atoms with Gasteiger partial charge in [0.2, 0.25) is 0 Å². The molecule has 4 aromatic carbocycles. The first-order valence-electron chi connectivity index (χ1n) is 15.3. The van der Waals surface area contributed by atoms with Gasteiger partial charge in [0.1, 0.15) is 11.4 Å². The molecule has 1 N–H and O–H groups in total. The van der Waals surface area contributed by atoms with Crippen LogP contribution >= 0.6 is 12.2 Å². The van der Waals surface area contributed by atoms with Crippen molar-refractivity contribution in [3.05, 3.63) is 178 Å². The van der Waals surface area contributed by atoms with Gasteiger partial charge in [-0.05, 0) is 71.3 Å². The summed E-state index contributed by atoms with van der Waals surface area (Å²) in [7, 11) is 0. The maximum Gasteiger partial charge on any atom is 0.195 e. The molecule has 6 heteroatoms. The van der Waals surface area contributed by atoms with E-state index in [0.717, 1.165) is 50.2 Å². The van der Waals surface area contributed by atoms with E-state index in [1.807, 2.05) is 6.33 Å². The number of aryl methyl sites for hydroxylation is 2. The number of aromatic nitrogens is 5. The van der Waals surface area contributed by atoms with Crippen molar-refractivity contribution < 1.29 is 0 Å². The number of rotatable bonds is 11. The zero-order valence-electron chi connectivity index (χ0n) is 24.6. The average molecular weight is 594 g/mol. The van der Waals surface area contributed by atoms with Crippen LogP contribution in [0.4, 0.5) is 0 Å². The Hall–Kier alpha value is -4.81. The molecule has 0 spiro atoms. The smallest absolute Gasteiger partial charge is 0.195 e. The average Bonchev–Trinajstić information content (AvgIpc) is 3.81. The van der Waals surface area contributed by atoms with Gasteiger partial charge in [-0.3, -0.25) is 5.10 Å². The lowest BCUT2D eigenvalue weighted by Crippen LogP contribution is -2.36. The van der Waals surface area contributed by atoms with Gasteiger partial charge in [0.25, 0.3) is 0 Å². The summed E-state index contributed by atoms with van der Waals surface area (Å²) >= 11 is 5.64. The molecule has 0 bridgehead atoms. The molecule has 1 aliphatic rings. The number of allylic oxidation sites excluding steroid dienone is 2. The van der Waals surface area contributed by atoms with Crippen LogP contribution in [0, 0.1) is 4.77 Å². The van der Waals surface area contributed by atoms with Gasteiger partial charge < -0.3 is 9.13 Å². The third-order valence-corrected chi connectivity index (χ3v) is 9.11. The molecule has 2 heterocycles. The van der Waals surface area contributed by atoms with E-state index in [1.165, 1.54) is 33.4 Å². The van der Waals surface area contributed by atoms with Gasteiger partial charge in [0.05, 0.1) is 12.0 Å². The molecule has 0 fully saturated rings. The minimum atomic E-state index is -0.553. The minimum Gasteiger partial charge on any atom is -0.319 e. The van der Waals surface area contributed by atoms with Gasteiger partial charge >= 0.3 is 0 Å². The van der Waals surface area contributed by atoms with Crippen molar-refractivity contribution in [2.75, 3.05) is 0 Å². The topological polar surface area (TPSA) is 51.4 Å².